The van der Waals surface area contributed by atoms with Crippen LogP contribution in [0.1, 0.15) is 24.2 Å². The molecular weight excluding hydrogens is 274 g/mol. The molecule has 0 aliphatic rings. The van der Waals surface area contributed by atoms with Crippen molar-refractivity contribution < 1.29 is 14.5 Å². The Labute approximate surface area is 115 Å². The zero-order valence-electron chi connectivity index (χ0n) is 10.6. The summed E-state index contributed by atoms with van der Waals surface area (Å²) in [6.45, 7) is 4.39. The number of aromatic nitrogens is 1. The normalized spacial score (nSPS) is 10.5. The Hall–Kier alpha value is -1.73. The lowest BCUT2D eigenvalue weighted by atomic mass is 10.2. The Kier molecular flexibility index (Phi) is 5.65. The van der Waals surface area contributed by atoms with Gasteiger partial charge in [-0.05, 0) is 13.8 Å². The number of amides is 1. The number of nitro groups is 1. The summed E-state index contributed by atoms with van der Waals surface area (Å²) in [6, 6.07) is 1.09. The minimum atomic E-state index is -0.637. The molecule has 0 aliphatic heterocycles. The van der Waals surface area contributed by atoms with Gasteiger partial charge in [0.2, 0.25) is 0 Å². The maximum atomic E-state index is 11.8. The molecule has 19 heavy (non-hydrogen) atoms. The van der Waals surface area contributed by atoms with E-state index in [1.54, 1.807) is 0 Å². The van der Waals surface area contributed by atoms with Crippen molar-refractivity contribution in [2.24, 2.45) is 0 Å². The van der Waals surface area contributed by atoms with Gasteiger partial charge in [0.05, 0.1) is 23.2 Å². The van der Waals surface area contributed by atoms with Crippen molar-refractivity contribution in [3.8, 4) is 0 Å². The molecule has 0 atom stereocenters. The van der Waals surface area contributed by atoms with Crippen molar-refractivity contribution >= 4 is 23.2 Å². The molecule has 0 saturated heterocycles. The number of pyridine rings is 1. The molecule has 8 heteroatoms. The average Bonchev–Trinajstić information content (AvgIpc) is 2.34. The second-order valence-electron chi connectivity index (χ2n) is 3.96. The third kappa shape index (κ3) is 4.80. The van der Waals surface area contributed by atoms with E-state index in [2.05, 4.69) is 10.3 Å². The number of hydrogen-bond donors (Lipinski definition) is 1. The van der Waals surface area contributed by atoms with Gasteiger partial charge in [-0.3, -0.25) is 14.9 Å². The van der Waals surface area contributed by atoms with Gasteiger partial charge in [-0.25, -0.2) is 4.98 Å². The molecule has 0 radical (unpaired) electrons. The first-order valence-corrected chi connectivity index (χ1v) is 5.99. The maximum Gasteiger partial charge on any atom is 0.288 e. The van der Waals surface area contributed by atoms with Gasteiger partial charge >= 0.3 is 0 Å². The number of nitrogens with zero attached hydrogens (tertiary/aromatic N) is 2. The van der Waals surface area contributed by atoms with Crippen LogP contribution in [0.4, 0.5) is 5.69 Å². The summed E-state index contributed by atoms with van der Waals surface area (Å²) in [5.41, 5.74) is -0.312. The Bertz CT molecular complexity index is 479. The summed E-state index contributed by atoms with van der Waals surface area (Å²) in [4.78, 5) is 25.3. The van der Waals surface area contributed by atoms with E-state index in [0.717, 1.165) is 12.3 Å². The van der Waals surface area contributed by atoms with E-state index in [0.29, 0.717) is 6.61 Å². The van der Waals surface area contributed by atoms with Gasteiger partial charge in [0, 0.05) is 12.6 Å². The minimum Gasteiger partial charge on any atom is -0.377 e. The Morgan fingerprint density at radius 1 is 1.63 bits per heavy atom. The number of carbonyl (C=O) groups excluding carboxylic acids is 1. The maximum absolute atomic E-state index is 11.8. The van der Waals surface area contributed by atoms with Crippen LogP contribution in [0.15, 0.2) is 12.3 Å². The van der Waals surface area contributed by atoms with Gasteiger partial charge in [-0.1, -0.05) is 11.6 Å². The molecule has 1 rings (SSSR count). The minimum absolute atomic E-state index is 0.0274. The van der Waals surface area contributed by atoms with Crippen LogP contribution in [0.3, 0.4) is 0 Å². The Morgan fingerprint density at radius 3 is 2.89 bits per heavy atom. The fraction of sp³-hybridized carbons (Fsp3) is 0.455. The molecule has 1 aromatic rings. The lowest BCUT2D eigenvalue weighted by Gasteiger charge is -2.09. The molecule has 0 spiro atoms. The van der Waals surface area contributed by atoms with Crippen molar-refractivity contribution in [3.63, 3.8) is 0 Å². The van der Waals surface area contributed by atoms with Crippen LogP contribution >= 0.6 is 11.6 Å². The number of nitrogens with one attached hydrogen (secondary N) is 1. The molecular formula is C11H14ClN3O4. The SMILES string of the molecule is CC(C)OCCNC(=O)c1cc([N+](=O)[O-])cnc1Cl. The predicted molar refractivity (Wildman–Crippen MR) is 69.3 cm³/mol. The van der Waals surface area contributed by atoms with Gasteiger partial charge < -0.3 is 10.1 Å². The second kappa shape index (κ2) is 7.01. The lowest BCUT2D eigenvalue weighted by molar-refractivity contribution is -0.385. The van der Waals surface area contributed by atoms with E-state index < -0.39 is 10.8 Å². The summed E-state index contributed by atoms with van der Waals surface area (Å²) in [5, 5.41) is 13.1. The molecule has 7 nitrogen and oxygen atoms in total. The van der Waals surface area contributed by atoms with Crippen LogP contribution in [0.2, 0.25) is 5.15 Å². The topological polar surface area (TPSA) is 94.4 Å². The largest absolute Gasteiger partial charge is 0.377 e. The van der Waals surface area contributed by atoms with Crippen LogP contribution in [0, 0.1) is 10.1 Å². The third-order valence-electron chi connectivity index (χ3n) is 2.12. The summed E-state index contributed by atoms with van der Waals surface area (Å²) in [6.07, 6.45) is 1.07. The third-order valence-corrected chi connectivity index (χ3v) is 2.42. The molecule has 1 N–H and O–H groups in total. The number of hydrogen-bond acceptors (Lipinski definition) is 5. The van der Waals surface area contributed by atoms with E-state index >= 15 is 0 Å². The summed E-state index contributed by atoms with van der Waals surface area (Å²) in [5.74, 6) is -0.520. The van der Waals surface area contributed by atoms with Crippen LogP contribution in [0.25, 0.3) is 0 Å². The summed E-state index contributed by atoms with van der Waals surface area (Å²) in [7, 11) is 0. The molecule has 1 aromatic heterocycles. The molecule has 1 amide bonds. The zero-order valence-corrected chi connectivity index (χ0v) is 11.3. The van der Waals surface area contributed by atoms with Crippen molar-refractivity contribution in [2.75, 3.05) is 13.2 Å². The van der Waals surface area contributed by atoms with E-state index in [1.807, 2.05) is 13.8 Å². The van der Waals surface area contributed by atoms with Crippen molar-refractivity contribution in [1.29, 1.82) is 0 Å². The molecule has 0 aliphatic carbocycles. The fourth-order valence-electron chi connectivity index (χ4n) is 1.25. The first-order chi connectivity index (χ1) is 8.91. The Morgan fingerprint density at radius 2 is 2.32 bits per heavy atom. The highest BCUT2D eigenvalue weighted by molar-refractivity contribution is 6.32. The molecule has 0 saturated carbocycles. The molecule has 0 unspecified atom stereocenters. The van der Waals surface area contributed by atoms with Crippen LogP contribution in [-0.2, 0) is 4.74 Å². The first kappa shape index (κ1) is 15.3. The van der Waals surface area contributed by atoms with Crippen LogP contribution in [0.5, 0.6) is 0 Å². The highest BCUT2D eigenvalue weighted by atomic mass is 35.5. The predicted octanol–water partition coefficient (Wildman–Crippen LogP) is 1.80. The number of ether oxygens (including phenoxy) is 1. The highest BCUT2D eigenvalue weighted by Gasteiger charge is 2.16. The number of rotatable bonds is 6. The van der Waals surface area contributed by atoms with Gasteiger partial charge in [0.1, 0.15) is 11.3 Å². The fourth-order valence-corrected chi connectivity index (χ4v) is 1.44. The van der Waals surface area contributed by atoms with Crippen molar-refractivity contribution in [3.05, 3.63) is 33.1 Å². The molecule has 104 valence electrons. The number of carbonyl (C=O) groups is 1. The van der Waals surface area contributed by atoms with Crippen LogP contribution in [-0.4, -0.2) is 35.1 Å². The highest BCUT2D eigenvalue weighted by Crippen LogP contribution is 2.18. The number of halogens is 1. The molecule has 0 fully saturated rings. The smallest absolute Gasteiger partial charge is 0.288 e. The molecule has 0 bridgehead atoms. The summed E-state index contributed by atoms with van der Waals surface area (Å²) >= 11 is 5.73. The van der Waals surface area contributed by atoms with Crippen molar-refractivity contribution in [2.45, 2.75) is 20.0 Å². The lowest BCUT2D eigenvalue weighted by Crippen LogP contribution is -2.28. The monoisotopic (exact) mass is 287 g/mol. The van der Waals surface area contributed by atoms with E-state index in [1.165, 1.54) is 0 Å². The Balaban J connectivity index is 2.66. The van der Waals surface area contributed by atoms with Gasteiger partial charge in [0.25, 0.3) is 11.6 Å². The van der Waals surface area contributed by atoms with Crippen molar-refractivity contribution in [1.82, 2.24) is 10.3 Å². The van der Waals surface area contributed by atoms with Gasteiger partial charge in [-0.15, -0.1) is 0 Å². The molecule has 1 heterocycles. The molecule has 0 aromatic carbocycles. The first-order valence-electron chi connectivity index (χ1n) is 5.61. The zero-order chi connectivity index (χ0) is 14.4. The van der Waals surface area contributed by atoms with Gasteiger partial charge in [0.15, 0.2) is 0 Å². The summed E-state index contributed by atoms with van der Waals surface area (Å²) < 4.78 is 5.25. The second-order valence-corrected chi connectivity index (χ2v) is 4.32. The average molecular weight is 288 g/mol. The van der Waals surface area contributed by atoms with E-state index in [4.69, 9.17) is 16.3 Å². The van der Waals surface area contributed by atoms with Crippen LogP contribution < -0.4 is 5.32 Å². The van der Waals surface area contributed by atoms with Gasteiger partial charge in [-0.2, -0.15) is 0 Å². The quantitative estimate of drug-likeness (QED) is 0.372. The standard InChI is InChI=1S/C11H14ClN3O4/c1-7(2)19-4-3-13-11(16)9-5-8(15(17)18)6-14-10(9)12/h5-7H,3-4H2,1-2H3,(H,13,16). The van der Waals surface area contributed by atoms with E-state index in [9.17, 15) is 14.9 Å². The van der Waals surface area contributed by atoms with E-state index in [-0.39, 0.29) is 29.1 Å².